The molecule has 1 aromatic heterocycles. The van der Waals surface area contributed by atoms with Gasteiger partial charge in [-0.1, -0.05) is 38.1 Å². The van der Waals surface area contributed by atoms with Crippen LogP contribution >= 0.6 is 11.3 Å². The lowest BCUT2D eigenvalue weighted by atomic mass is 9.88. The molecule has 5 heteroatoms. The molecule has 1 fully saturated rings. The van der Waals surface area contributed by atoms with Gasteiger partial charge < -0.3 is 4.90 Å². The molecular formula is C25H31NO3S. The molecule has 1 aliphatic heterocycles. The first-order valence-corrected chi connectivity index (χ1v) is 11.7. The lowest BCUT2D eigenvalue weighted by molar-refractivity contribution is -0.132. The van der Waals surface area contributed by atoms with Crippen LogP contribution in [0.3, 0.4) is 0 Å². The minimum Gasteiger partial charge on any atom is -0.343 e. The standard InChI is InChI=1S/C25H31NO3S/c1-17(2)16-19-5-7-20(8-6-19)25(29)21-12-14-26(15-13-21)24(28)11-9-22(27)23-10-4-18(3)30-23/h4-8,10,17,21H,9,11-16H2,1-3H3. The van der Waals surface area contributed by atoms with Gasteiger partial charge in [-0.3, -0.25) is 14.4 Å². The van der Waals surface area contributed by atoms with Gasteiger partial charge in [0.1, 0.15) is 0 Å². The number of likely N-dealkylation sites (tertiary alicyclic amines) is 1. The highest BCUT2D eigenvalue weighted by Gasteiger charge is 2.28. The van der Waals surface area contributed by atoms with Crippen LogP contribution in [-0.4, -0.2) is 35.5 Å². The molecule has 4 nitrogen and oxygen atoms in total. The molecule has 1 aliphatic rings. The number of benzene rings is 1. The van der Waals surface area contributed by atoms with Gasteiger partial charge in [-0.05, 0) is 49.8 Å². The van der Waals surface area contributed by atoms with Crippen molar-refractivity contribution in [2.75, 3.05) is 13.1 Å². The average molecular weight is 426 g/mol. The largest absolute Gasteiger partial charge is 0.343 e. The molecule has 1 amide bonds. The SMILES string of the molecule is Cc1ccc(C(=O)CCC(=O)N2CCC(C(=O)c3ccc(CC(C)C)cc3)CC2)s1. The van der Waals surface area contributed by atoms with E-state index in [1.165, 1.54) is 16.9 Å². The number of carbonyl (C=O) groups excluding carboxylic acids is 3. The molecule has 1 aromatic carbocycles. The second kappa shape index (κ2) is 10.2. The van der Waals surface area contributed by atoms with Crippen molar-refractivity contribution in [3.8, 4) is 0 Å². The van der Waals surface area contributed by atoms with E-state index in [1.807, 2.05) is 36.1 Å². The summed E-state index contributed by atoms with van der Waals surface area (Å²) in [4.78, 5) is 41.2. The number of piperidine rings is 1. The Kier molecular flexibility index (Phi) is 7.59. The fourth-order valence-corrected chi connectivity index (χ4v) is 4.82. The zero-order valence-corrected chi connectivity index (χ0v) is 19.0. The molecule has 0 N–H and O–H groups in total. The van der Waals surface area contributed by atoms with Crippen molar-refractivity contribution in [2.45, 2.75) is 52.9 Å². The third kappa shape index (κ3) is 5.88. The second-order valence-electron chi connectivity index (χ2n) is 8.65. The predicted molar refractivity (Wildman–Crippen MR) is 121 cm³/mol. The fourth-order valence-electron chi connectivity index (χ4n) is 3.99. The van der Waals surface area contributed by atoms with Crippen molar-refractivity contribution in [1.82, 2.24) is 4.90 Å². The van der Waals surface area contributed by atoms with E-state index < -0.39 is 0 Å². The number of rotatable bonds is 8. The van der Waals surface area contributed by atoms with E-state index in [9.17, 15) is 14.4 Å². The van der Waals surface area contributed by atoms with Crippen molar-refractivity contribution in [3.63, 3.8) is 0 Å². The quantitative estimate of drug-likeness (QED) is 0.537. The first-order valence-electron chi connectivity index (χ1n) is 10.8. The highest BCUT2D eigenvalue weighted by Crippen LogP contribution is 2.24. The molecule has 0 aliphatic carbocycles. The monoisotopic (exact) mass is 425 g/mol. The van der Waals surface area contributed by atoms with E-state index in [1.54, 1.807) is 0 Å². The number of amides is 1. The third-order valence-electron chi connectivity index (χ3n) is 5.68. The molecule has 2 heterocycles. The van der Waals surface area contributed by atoms with Crippen molar-refractivity contribution in [3.05, 3.63) is 57.3 Å². The number of nitrogens with zero attached hydrogens (tertiary/aromatic N) is 1. The molecule has 0 atom stereocenters. The Balaban J connectivity index is 1.46. The summed E-state index contributed by atoms with van der Waals surface area (Å²) in [6.45, 7) is 7.53. The summed E-state index contributed by atoms with van der Waals surface area (Å²) in [6.07, 6.45) is 2.89. The van der Waals surface area contributed by atoms with Crippen LogP contribution in [-0.2, 0) is 11.2 Å². The van der Waals surface area contributed by atoms with Crippen molar-refractivity contribution >= 4 is 28.8 Å². The molecule has 1 saturated heterocycles. The maximum Gasteiger partial charge on any atom is 0.223 e. The van der Waals surface area contributed by atoms with Crippen LogP contribution in [0.25, 0.3) is 0 Å². The van der Waals surface area contributed by atoms with Crippen LogP contribution in [0.15, 0.2) is 36.4 Å². The van der Waals surface area contributed by atoms with Crippen molar-refractivity contribution in [1.29, 1.82) is 0 Å². The molecule has 0 saturated carbocycles. The number of aryl methyl sites for hydroxylation is 1. The van der Waals surface area contributed by atoms with Crippen molar-refractivity contribution in [2.24, 2.45) is 11.8 Å². The number of Topliss-reactive ketones (excluding diaryl/α,β-unsaturated/α-hetero) is 2. The van der Waals surface area contributed by atoms with Gasteiger partial charge in [0.2, 0.25) is 5.91 Å². The third-order valence-corrected chi connectivity index (χ3v) is 6.72. The average Bonchev–Trinajstić information content (AvgIpc) is 3.18. The highest BCUT2D eigenvalue weighted by molar-refractivity contribution is 7.14. The van der Waals surface area contributed by atoms with Gasteiger partial charge in [0, 0.05) is 42.3 Å². The number of ketones is 2. The van der Waals surface area contributed by atoms with Crippen molar-refractivity contribution < 1.29 is 14.4 Å². The van der Waals surface area contributed by atoms with Crippen LogP contribution < -0.4 is 0 Å². The Bertz CT molecular complexity index is 889. The number of hydrogen-bond acceptors (Lipinski definition) is 4. The smallest absolute Gasteiger partial charge is 0.223 e. The zero-order chi connectivity index (χ0) is 21.7. The minimum absolute atomic E-state index is 0.0144. The Hall–Kier alpha value is -2.27. The van der Waals surface area contributed by atoms with Gasteiger partial charge in [0.05, 0.1) is 4.88 Å². The van der Waals surface area contributed by atoms with E-state index in [4.69, 9.17) is 0 Å². The summed E-state index contributed by atoms with van der Waals surface area (Å²) >= 11 is 1.48. The van der Waals surface area contributed by atoms with Gasteiger partial charge in [0.25, 0.3) is 0 Å². The molecular weight excluding hydrogens is 394 g/mol. The van der Waals surface area contributed by atoms with Gasteiger partial charge in [-0.25, -0.2) is 0 Å². The predicted octanol–water partition coefficient (Wildman–Crippen LogP) is 5.34. The minimum atomic E-state index is -0.0271. The molecule has 3 rings (SSSR count). The molecule has 2 aromatic rings. The van der Waals surface area contributed by atoms with Crippen LogP contribution in [0.1, 0.15) is 70.0 Å². The summed E-state index contributed by atoms with van der Waals surface area (Å²) in [5, 5.41) is 0. The Morgan fingerprint density at radius 2 is 1.67 bits per heavy atom. The lowest BCUT2D eigenvalue weighted by Crippen LogP contribution is -2.40. The number of thiophene rings is 1. The molecule has 0 spiro atoms. The van der Waals surface area contributed by atoms with Crippen LogP contribution in [0.5, 0.6) is 0 Å². The first-order chi connectivity index (χ1) is 14.3. The second-order valence-corrected chi connectivity index (χ2v) is 9.94. The summed E-state index contributed by atoms with van der Waals surface area (Å²) < 4.78 is 0. The summed E-state index contributed by atoms with van der Waals surface area (Å²) in [5.74, 6) is 0.799. The number of carbonyl (C=O) groups is 3. The van der Waals surface area contributed by atoms with Crippen LogP contribution in [0.2, 0.25) is 0 Å². The topological polar surface area (TPSA) is 54.5 Å². The van der Waals surface area contributed by atoms with Gasteiger partial charge in [0.15, 0.2) is 11.6 Å². The fraction of sp³-hybridized carbons (Fsp3) is 0.480. The highest BCUT2D eigenvalue weighted by atomic mass is 32.1. The molecule has 160 valence electrons. The normalized spacial score (nSPS) is 14.9. The molecule has 0 bridgehead atoms. The maximum atomic E-state index is 12.8. The van der Waals surface area contributed by atoms with E-state index in [0.29, 0.717) is 31.8 Å². The molecule has 30 heavy (non-hydrogen) atoms. The number of hydrogen-bond donors (Lipinski definition) is 0. The summed E-state index contributed by atoms with van der Waals surface area (Å²) in [7, 11) is 0. The van der Waals surface area contributed by atoms with E-state index in [2.05, 4.69) is 26.0 Å². The summed E-state index contributed by atoms with van der Waals surface area (Å²) in [6, 6.07) is 11.7. The molecule has 0 radical (unpaired) electrons. The Morgan fingerprint density at radius 1 is 1.00 bits per heavy atom. The van der Waals surface area contributed by atoms with Crippen LogP contribution in [0.4, 0.5) is 0 Å². The van der Waals surface area contributed by atoms with Gasteiger partial charge >= 0.3 is 0 Å². The van der Waals surface area contributed by atoms with E-state index in [0.717, 1.165) is 21.7 Å². The van der Waals surface area contributed by atoms with Crippen LogP contribution in [0, 0.1) is 18.8 Å². The summed E-state index contributed by atoms with van der Waals surface area (Å²) in [5.41, 5.74) is 2.03. The first kappa shape index (κ1) is 22.4. The van der Waals surface area contributed by atoms with Gasteiger partial charge in [-0.2, -0.15) is 0 Å². The Morgan fingerprint density at radius 3 is 2.23 bits per heavy atom. The van der Waals surface area contributed by atoms with E-state index >= 15 is 0 Å². The zero-order valence-electron chi connectivity index (χ0n) is 18.1. The lowest BCUT2D eigenvalue weighted by Gasteiger charge is -2.31. The van der Waals surface area contributed by atoms with E-state index in [-0.39, 0.29) is 36.2 Å². The molecule has 0 unspecified atom stereocenters. The van der Waals surface area contributed by atoms with Gasteiger partial charge in [-0.15, -0.1) is 11.3 Å². The maximum absolute atomic E-state index is 12.8. The Labute approximate surface area is 183 Å².